The Kier molecular flexibility index (Phi) is 5.05. The number of hydrogen-bond donors (Lipinski definition) is 2. The van der Waals surface area contributed by atoms with Gasteiger partial charge in [-0.25, -0.2) is 9.97 Å². The van der Waals surface area contributed by atoms with Crippen LogP contribution in [0.4, 0.5) is 0 Å². The lowest BCUT2D eigenvalue weighted by molar-refractivity contribution is 0.307. The molecule has 0 spiro atoms. The van der Waals surface area contributed by atoms with Crippen LogP contribution < -0.4 is 0 Å². The molecule has 6 heteroatoms. The minimum absolute atomic E-state index is 0.0112. The second-order valence-corrected chi connectivity index (χ2v) is 8.88. The molecule has 0 amide bonds. The van der Waals surface area contributed by atoms with Crippen molar-refractivity contribution in [2.45, 2.75) is 51.9 Å². The van der Waals surface area contributed by atoms with E-state index in [4.69, 9.17) is 9.79 Å². The van der Waals surface area contributed by atoms with Gasteiger partial charge in [-0.05, 0) is 75.1 Å². The van der Waals surface area contributed by atoms with E-state index in [9.17, 15) is 4.57 Å². The zero-order chi connectivity index (χ0) is 17.3. The van der Waals surface area contributed by atoms with Crippen LogP contribution in [0.5, 0.6) is 0 Å². The van der Waals surface area contributed by atoms with Gasteiger partial charge in [0.25, 0.3) is 0 Å². The van der Waals surface area contributed by atoms with Crippen molar-refractivity contribution in [1.82, 2.24) is 9.97 Å². The van der Waals surface area contributed by atoms with E-state index in [-0.39, 0.29) is 6.16 Å². The van der Waals surface area contributed by atoms with Gasteiger partial charge in [0.15, 0.2) is 0 Å². The molecule has 1 aliphatic carbocycles. The molecule has 0 unspecified atom stereocenters. The van der Waals surface area contributed by atoms with Crippen molar-refractivity contribution in [3.05, 3.63) is 35.3 Å². The molecule has 0 bridgehead atoms. The number of benzene rings is 1. The summed E-state index contributed by atoms with van der Waals surface area (Å²) in [4.78, 5) is 27.1. The summed E-state index contributed by atoms with van der Waals surface area (Å²) in [5, 5.41) is 1.15. The van der Waals surface area contributed by atoms with Gasteiger partial charge < -0.3 is 9.79 Å². The molecule has 1 aromatic carbocycles. The van der Waals surface area contributed by atoms with E-state index in [1.54, 1.807) is 6.33 Å². The maximum atomic E-state index is 11.0. The van der Waals surface area contributed by atoms with Crippen LogP contribution in [-0.4, -0.2) is 25.9 Å². The molecule has 2 aromatic rings. The number of rotatable bonds is 4. The lowest BCUT2D eigenvalue weighted by Gasteiger charge is -2.28. The molecule has 0 atom stereocenters. The fraction of sp³-hybridized carbons (Fsp3) is 0.556. The van der Waals surface area contributed by atoms with Crippen LogP contribution in [0.25, 0.3) is 10.9 Å². The standard InChI is InChI=1S/C18H25N2O3P/c1-12-9-16-17(10-13(12)2)19-11-20-18(16)15-5-3-14(4-6-15)7-8-24(21,22)23/h9-11,14-15H,3-8H2,1-2H3,(H2,21,22,23)/t14-,15-. The first kappa shape index (κ1) is 17.5. The minimum atomic E-state index is -3.87. The van der Waals surface area contributed by atoms with Gasteiger partial charge in [-0.2, -0.15) is 0 Å². The van der Waals surface area contributed by atoms with E-state index in [1.165, 1.54) is 11.1 Å². The molecular formula is C18H25N2O3P. The third-order valence-corrected chi connectivity index (χ3v) is 6.18. The maximum absolute atomic E-state index is 11.0. The van der Waals surface area contributed by atoms with Gasteiger partial charge in [0.05, 0.1) is 17.4 Å². The highest BCUT2D eigenvalue weighted by Gasteiger charge is 2.26. The molecule has 0 radical (unpaired) electrons. The monoisotopic (exact) mass is 348 g/mol. The van der Waals surface area contributed by atoms with Crippen molar-refractivity contribution in [2.24, 2.45) is 5.92 Å². The summed E-state index contributed by atoms with van der Waals surface area (Å²) < 4.78 is 11.0. The number of aromatic nitrogens is 2. The average molecular weight is 348 g/mol. The zero-order valence-electron chi connectivity index (χ0n) is 14.3. The topological polar surface area (TPSA) is 83.3 Å². The quantitative estimate of drug-likeness (QED) is 0.813. The predicted octanol–water partition coefficient (Wildman–Crippen LogP) is 4.09. The van der Waals surface area contributed by atoms with Crippen molar-refractivity contribution >= 4 is 18.5 Å². The van der Waals surface area contributed by atoms with E-state index < -0.39 is 7.60 Å². The molecule has 24 heavy (non-hydrogen) atoms. The van der Waals surface area contributed by atoms with Gasteiger partial charge in [-0.1, -0.05) is 0 Å². The first-order valence-electron chi connectivity index (χ1n) is 8.60. The molecule has 5 nitrogen and oxygen atoms in total. The molecule has 3 rings (SSSR count). The highest BCUT2D eigenvalue weighted by Crippen LogP contribution is 2.42. The van der Waals surface area contributed by atoms with E-state index in [2.05, 4.69) is 35.9 Å². The van der Waals surface area contributed by atoms with Crippen LogP contribution >= 0.6 is 7.60 Å². The molecule has 1 saturated carbocycles. The molecule has 1 aromatic heterocycles. The van der Waals surface area contributed by atoms with Crippen LogP contribution in [-0.2, 0) is 4.57 Å². The fourth-order valence-corrected chi connectivity index (χ4v) is 4.44. The number of nitrogens with zero attached hydrogens (tertiary/aromatic N) is 2. The van der Waals surface area contributed by atoms with E-state index in [0.717, 1.165) is 42.3 Å². The summed E-state index contributed by atoms with van der Waals surface area (Å²) in [5.74, 6) is 0.842. The van der Waals surface area contributed by atoms with E-state index in [1.807, 2.05) is 0 Å². The van der Waals surface area contributed by atoms with E-state index >= 15 is 0 Å². The van der Waals surface area contributed by atoms with Gasteiger partial charge >= 0.3 is 7.60 Å². The second-order valence-electron chi connectivity index (χ2n) is 7.11. The summed E-state index contributed by atoms with van der Waals surface area (Å²) in [6.45, 7) is 4.22. The predicted molar refractivity (Wildman–Crippen MR) is 95.2 cm³/mol. The number of hydrogen-bond acceptors (Lipinski definition) is 3. The SMILES string of the molecule is Cc1cc2ncnc([C@H]3CC[C@H](CCP(=O)(O)O)CC3)c2cc1C. The van der Waals surface area contributed by atoms with Crippen LogP contribution in [0.3, 0.4) is 0 Å². The van der Waals surface area contributed by atoms with Crippen LogP contribution in [0, 0.1) is 19.8 Å². The number of fused-ring (bicyclic) bond motifs is 1. The summed E-state index contributed by atoms with van der Waals surface area (Å²) in [5.41, 5.74) is 4.64. The Hall–Kier alpha value is -1.29. The Morgan fingerprint density at radius 3 is 2.42 bits per heavy atom. The molecular weight excluding hydrogens is 323 g/mol. The second kappa shape index (κ2) is 6.91. The largest absolute Gasteiger partial charge is 0.325 e. The Morgan fingerprint density at radius 2 is 1.75 bits per heavy atom. The molecule has 1 heterocycles. The Bertz CT molecular complexity index is 779. The fourth-order valence-electron chi connectivity index (χ4n) is 3.74. The van der Waals surface area contributed by atoms with Crippen LogP contribution in [0.1, 0.15) is 54.8 Å². The normalized spacial score (nSPS) is 22.0. The Balaban J connectivity index is 1.74. The summed E-state index contributed by atoms with van der Waals surface area (Å²) in [7, 11) is -3.87. The van der Waals surface area contributed by atoms with Crippen molar-refractivity contribution in [1.29, 1.82) is 0 Å². The molecule has 1 fully saturated rings. The van der Waals surface area contributed by atoms with Crippen molar-refractivity contribution in [3.63, 3.8) is 0 Å². The van der Waals surface area contributed by atoms with Gasteiger partial charge in [0, 0.05) is 11.3 Å². The van der Waals surface area contributed by atoms with Gasteiger partial charge in [0.2, 0.25) is 0 Å². The van der Waals surface area contributed by atoms with Gasteiger partial charge in [-0.3, -0.25) is 4.57 Å². The maximum Gasteiger partial charge on any atom is 0.325 e. The smallest absolute Gasteiger partial charge is 0.324 e. The lowest BCUT2D eigenvalue weighted by Crippen LogP contribution is -2.16. The highest BCUT2D eigenvalue weighted by atomic mass is 31.2. The first-order chi connectivity index (χ1) is 11.3. The highest BCUT2D eigenvalue weighted by molar-refractivity contribution is 7.51. The van der Waals surface area contributed by atoms with Gasteiger partial charge in [0.1, 0.15) is 6.33 Å². The average Bonchev–Trinajstić information content (AvgIpc) is 2.53. The summed E-state index contributed by atoms with van der Waals surface area (Å²) in [6.07, 6.45) is 6.39. The lowest BCUT2D eigenvalue weighted by atomic mass is 9.78. The van der Waals surface area contributed by atoms with Crippen molar-refractivity contribution in [2.75, 3.05) is 6.16 Å². The third-order valence-electron chi connectivity index (χ3n) is 5.34. The molecule has 2 N–H and O–H groups in total. The zero-order valence-corrected chi connectivity index (χ0v) is 15.2. The third kappa shape index (κ3) is 4.02. The van der Waals surface area contributed by atoms with E-state index in [0.29, 0.717) is 18.3 Å². The van der Waals surface area contributed by atoms with Crippen LogP contribution in [0.2, 0.25) is 0 Å². The Morgan fingerprint density at radius 1 is 1.08 bits per heavy atom. The van der Waals surface area contributed by atoms with Crippen LogP contribution in [0.15, 0.2) is 18.5 Å². The summed E-state index contributed by atoms with van der Waals surface area (Å²) in [6, 6.07) is 4.32. The van der Waals surface area contributed by atoms with Gasteiger partial charge in [-0.15, -0.1) is 0 Å². The minimum Gasteiger partial charge on any atom is -0.324 e. The summed E-state index contributed by atoms with van der Waals surface area (Å²) >= 11 is 0. The Labute approximate surface area is 142 Å². The number of aryl methyl sites for hydroxylation is 2. The molecule has 0 saturated heterocycles. The van der Waals surface area contributed by atoms with Crippen molar-refractivity contribution in [3.8, 4) is 0 Å². The molecule has 130 valence electrons. The molecule has 1 aliphatic rings. The first-order valence-corrected chi connectivity index (χ1v) is 10.4. The van der Waals surface area contributed by atoms with Crippen molar-refractivity contribution < 1.29 is 14.4 Å². The molecule has 0 aliphatic heterocycles.